The second-order valence-corrected chi connectivity index (χ2v) is 8.44. The molecule has 1 saturated heterocycles. The van der Waals surface area contributed by atoms with E-state index in [0.29, 0.717) is 6.54 Å². The summed E-state index contributed by atoms with van der Waals surface area (Å²) in [4.78, 5) is 12.3. The molecule has 0 spiro atoms. The number of carbonyl (C=O) groups excluding carboxylic acids is 1. The summed E-state index contributed by atoms with van der Waals surface area (Å²) in [7, 11) is -4.68. The lowest BCUT2D eigenvalue weighted by Crippen LogP contribution is -2.44. The van der Waals surface area contributed by atoms with Crippen LogP contribution in [0.2, 0.25) is 0 Å². The quantitative estimate of drug-likeness (QED) is 0.823. The molecule has 1 aliphatic heterocycles. The zero-order chi connectivity index (χ0) is 17.4. The molecule has 25 heavy (non-hydrogen) atoms. The van der Waals surface area contributed by atoms with E-state index >= 15 is 0 Å². The smallest absolute Gasteiger partial charge is 0.326 e. The summed E-state index contributed by atoms with van der Waals surface area (Å²) in [5.74, 6) is -3.38. The Balaban J connectivity index is 0.00000225. The molecule has 1 amide bonds. The minimum atomic E-state index is -4.68. The molecule has 2 N–H and O–H groups in total. The number of fused-ring (bicyclic) bond motifs is 1. The third-order valence-electron chi connectivity index (χ3n) is 5.15. The summed E-state index contributed by atoms with van der Waals surface area (Å²) in [5, 5.41) is 6.00. The zero-order valence-electron chi connectivity index (χ0n) is 13.5. The van der Waals surface area contributed by atoms with Gasteiger partial charge in [-0.25, -0.2) is 8.42 Å². The summed E-state index contributed by atoms with van der Waals surface area (Å²) in [6.07, 6.45) is 3.85. The van der Waals surface area contributed by atoms with E-state index in [1.165, 1.54) is 12.1 Å². The van der Waals surface area contributed by atoms with Gasteiger partial charge in [-0.15, -0.1) is 12.4 Å². The zero-order valence-corrected chi connectivity index (χ0v) is 15.1. The summed E-state index contributed by atoms with van der Waals surface area (Å²) >= 11 is 0. The molecule has 2 atom stereocenters. The Hall–Kier alpha value is -1.25. The highest BCUT2D eigenvalue weighted by atomic mass is 35.5. The van der Waals surface area contributed by atoms with Gasteiger partial charge in [0, 0.05) is 12.2 Å². The van der Waals surface area contributed by atoms with Crippen LogP contribution in [-0.2, 0) is 14.6 Å². The summed E-state index contributed by atoms with van der Waals surface area (Å²) in [6.45, 7) is 1.39. The van der Waals surface area contributed by atoms with Crippen LogP contribution in [0, 0.1) is 11.3 Å². The number of sulfone groups is 1. The molecule has 1 aliphatic carbocycles. The number of benzene rings is 1. The molecule has 9 heteroatoms. The molecule has 1 aromatic rings. The number of hydrogen-bond donors (Lipinski definition) is 2. The monoisotopic (exact) mass is 394 g/mol. The lowest BCUT2D eigenvalue weighted by Gasteiger charge is -2.37. The maximum absolute atomic E-state index is 12.8. The van der Waals surface area contributed by atoms with Crippen molar-refractivity contribution >= 4 is 33.8 Å². The number of alkyl halides is 2. The van der Waals surface area contributed by atoms with Crippen molar-refractivity contribution in [2.45, 2.75) is 36.3 Å². The number of amides is 1. The van der Waals surface area contributed by atoms with Gasteiger partial charge in [-0.1, -0.05) is 18.9 Å². The maximum atomic E-state index is 12.8. The van der Waals surface area contributed by atoms with Gasteiger partial charge in [-0.05, 0) is 43.5 Å². The van der Waals surface area contributed by atoms with Crippen molar-refractivity contribution < 1.29 is 22.0 Å². The van der Waals surface area contributed by atoms with E-state index in [2.05, 4.69) is 10.6 Å². The number of anilines is 1. The van der Waals surface area contributed by atoms with Crippen LogP contribution < -0.4 is 10.6 Å². The van der Waals surface area contributed by atoms with Crippen molar-refractivity contribution in [2.24, 2.45) is 11.3 Å². The van der Waals surface area contributed by atoms with E-state index in [1.807, 2.05) is 0 Å². The largest absolute Gasteiger partial charge is 0.341 e. The molecule has 2 fully saturated rings. The predicted molar refractivity (Wildman–Crippen MR) is 92.8 cm³/mol. The van der Waals surface area contributed by atoms with Gasteiger partial charge in [-0.3, -0.25) is 4.79 Å². The fraction of sp³-hybridized carbons (Fsp3) is 0.562. The summed E-state index contributed by atoms with van der Waals surface area (Å²) in [6, 6.07) is 5.07. The summed E-state index contributed by atoms with van der Waals surface area (Å²) < 4.78 is 48.5. The highest BCUT2D eigenvalue weighted by Crippen LogP contribution is 2.44. The van der Waals surface area contributed by atoms with Crippen molar-refractivity contribution in [2.75, 3.05) is 18.4 Å². The molecule has 140 valence electrons. The first-order chi connectivity index (χ1) is 11.4. The van der Waals surface area contributed by atoms with E-state index in [9.17, 15) is 22.0 Å². The minimum absolute atomic E-state index is 0. The molecule has 0 unspecified atom stereocenters. The number of rotatable bonds is 4. The fourth-order valence-electron chi connectivity index (χ4n) is 3.80. The van der Waals surface area contributed by atoms with Gasteiger partial charge >= 0.3 is 5.76 Å². The van der Waals surface area contributed by atoms with Gasteiger partial charge in [0.05, 0.1) is 10.3 Å². The second kappa shape index (κ2) is 7.55. The Labute approximate surface area is 151 Å². The molecule has 0 bridgehead atoms. The van der Waals surface area contributed by atoms with Gasteiger partial charge in [0.2, 0.25) is 15.7 Å². The van der Waals surface area contributed by atoms with Crippen LogP contribution in [0.5, 0.6) is 0 Å². The lowest BCUT2D eigenvalue weighted by atomic mass is 9.67. The van der Waals surface area contributed by atoms with Crippen LogP contribution >= 0.6 is 12.4 Å². The van der Waals surface area contributed by atoms with Crippen molar-refractivity contribution in [1.82, 2.24) is 5.32 Å². The molecule has 1 heterocycles. The lowest BCUT2D eigenvalue weighted by molar-refractivity contribution is -0.128. The van der Waals surface area contributed by atoms with Crippen molar-refractivity contribution in [3.05, 3.63) is 24.3 Å². The Bertz CT molecular complexity index is 745. The number of nitrogens with one attached hydrogen (secondary N) is 2. The first-order valence-electron chi connectivity index (χ1n) is 8.00. The first-order valence-corrected chi connectivity index (χ1v) is 9.55. The normalized spacial score (nSPS) is 26.0. The average molecular weight is 395 g/mol. The van der Waals surface area contributed by atoms with Crippen LogP contribution in [0.3, 0.4) is 0 Å². The van der Waals surface area contributed by atoms with Crippen molar-refractivity contribution in [1.29, 1.82) is 0 Å². The Morgan fingerprint density at radius 2 is 2.08 bits per heavy atom. The fourth-order valence-corrected chi connectivity index (χ4v) is 4.56. The molecule has 1 saturated carbocycles. The van der Waals surface area contributed by atoms with Gasteiger partial charge in [0.15, 0.2) is 0 Å². The molecule has 1 aromatic carbocycles. The van der Waals surface area contributed by atoms with Crippen LogP contribution in [-0.4, -0.2) is 33.2 Å². The Morgan fingerprint density at radius 1 is 1.32 bits per heavy atom. The van der Waals surface area contributed by atoms with Crippen LogP contribution in [0.15, 0.2) is 29.2 Å². The van der Waals surface area contributed by atoms with Gasteiger partial charge in [0.25, 0.3) is 0 Å². The van der Waals surface area contributed by atoms with Crippen molar-refractivity contribution in [3.63, 3.8) is 0 Å². The van der Waals surface area contributed by atoms with E-state index in [0.717, 1.165) is 44.4 Å². The molecule has 3 rings (SSSR count). The summed E-state index contributed by atoms with van der Waals surface area (Å²) in [5.41, 5.74) is -0.261. The van der Waals surface area contributed by atoms with E-state index in [4.69, 9.17) is 0 Å². The Kier molecular flexibility index (Phi) is 6.06. The molecule has 0 aromatic heterocycles. The van der Waals surface area contributed by atoms with Crippen LogP contribution in [0.4, 0.5) is 14.5 Å². The SMILES string of the molecule is Cl.O=C(Nc1cccc(S(=O)(=O)C(F)F)c1)[C@@]12CCCC[C@H]1CNC2. The highest BCUT2D eigenvalue weighted by Gasteiger charge is 2.49. The van der Waals surface area contributed by atoms with Crippen LogP contribution in [0.25, 0.3) is 0 Å². The molecular weight excluding hydrogens is 374 g/mol. The highest BCUT2D eigenvalue weighted by molar-refractivity contribution is 7.91. The molecular formula is C16H21ClF2N2O3S. The Morgan fingerprint density at radius 3 is 2.80 bits per heavy atom. The average Bonchev–Trinajstić information content (AvgIpc) is 3.00. The molecule has 2 aliphatic rings. The third kappa shape index (κ3) is 3.66. The van der Waals surface area contributed by atoms with E-state index < -0.39 is 25.9 Å². The second-order valence-electron chi connectivity index (χ2n) is 6.52. The maximum Gasteiger partial charge on any atom is 0.341 e. The van der Waals surface area contributed by atoms with Crippen molar-refractivity contribution in [3.8, 4) is 0 Å². The van der Waals surface area contributed by atoms with Gasteiger partial charge in [-0.2, -0.15) is 8.78 Å². The topological polar surface area (TPSA) is 75.3 Å². The third-order valence-corrected chi connectivity index (χ3v) is 6.53. The molecule has 5 nitrogen and oxygen atoms in total. The van der Waals surface area contributed by atoms with E-state index in [1.54, 1.807) is 0 Å². The first kappa shape index (κ1) is 20.1. The minimum Gasteiger partial charge on any atom is -0.326 e. The number of carbonyl (C=O) groups is 1. The molecule has 0 radical (unpaired) electrons. The van der Waals surface area contributed by atoms with Crippen LogP contribution in [0.1, 0.15) is 25.7 Å². The number of hydrogen-bond acceptors (Lipinski definition) is 4. The van der Waals surface area contributed by atoms with Gasteiger partial charge in [0.1, 0.15) is 0 Å². The standard InChI is InChI=1S/C16H20F2N2O3S.ClH/c17-15(18)24(22,23)13-6-3-5-12(8-13)20-14(21)16-7-2-1-4-11(16)9-19-10-16;/h3,5-6,8,11,15,19H,1-2,4,7,9-10H2,(H,20,21);1H/t11-,16+;/m0./s1. The van der Waals surface area contributed by atoms with Gasteiger partial charge < -0.3 is 10.6 Å². The number of halogens is 3. The predicted octanol–water partition coefficient (Wildman–Crippen LogP) is 2.82. The van der Waals surface area contributed by atoms with E-state index in [-0.39, 0.29) is 29.9 Å².